The maximum atomic E-state index is 9.33. The topological polar surface area (TPSA) is 60.2 Å². The lowest BCUT2D eigenvalue weighted by molar-refractivity contribution is -0.130. The second-order valence-corrected chi connectivity index (χ2v) is 5.17. The third-order valence-electron chi connectivity index (χ3n) is 2.78. The average Bonchev–Trinajstić information content (AvgIpc) is 2.51. The Kier molecular flexibility index (Phi) is 2.31. The first-order valence-corrected chi connectivity index (χ1v) is 5.10. The Morgan fingerprint density at radius 3 is 2.53 bits per heavy atom. The van der Waals surface area contributed by atoms with Crippen LogP contribution in [0.2, 0.25) is 0 Å². The van der Waals surface area contributed by atoms with E-state index in [0.29, 0.717) is 13.2 Å². The standard InChI is InChI=1S/C10H17N3O2/c1-9(2,3)8-4-13(12-11-8)10(5-14)6-15-7-10/h4,14H,5-7H2,1-3H3. The van der Waals surface area contributed by atoms with Crippen molar-refractivity contribution in [2.75, 3.05) is 19.8 Å². The summed E-state index contributed by atoms with van der Waals surface area (Å²) in [5, 5.41) is 17.5. The molecule has 2 heterocycles. The van der Waals surface area contributed by atoms with E-state index in [1.807, 2.05) is 6.20 Å². The van der Waals surface area contributed by atoms with E-state index in [2.05, 4.69) is 31.1 Å². The Labute approximate surface area is 89.0 Å². The van der Waals surface area contributed by atoms with Gasteiger partial charge in [0.15, 0.2) is 0 Å². The van der Waals surface area contributed by atoms with E-state index in [1.165, 1.54) is 0 Å². The van der Waals surface area contributed by atoms with Crippen molar-refractivity contribution < 1.29 is 9.84 Å². The predicted octanol–water partition coefficient (Wildman–Crippen LogP) is 0.293. The molecule has 0 aromatic carbocycles. The van der Waals surface area contributed by atoms with Crippen LogP contribution in [0.3, 0.4) is 0 Å². The van der Waals surface area contributed by atoms with E-state index in [4.69, 9.17) is 4.74 Å². The molecule has 1 fully saturated rings. The van der Waals surface area contributed by atoms with Gasteiger partial charge in [-0.3, -0.25) is 0 Å². The molecule has 84 valence electrons. The normalized spacial score (nSPS) is 20.0. The lowest BCUT2D eigenvalue weighted by Crippen LogP contribution is -2.54. The minimum absolute atomic E-state index is 0.0144. The molecule has 0 amide bonds. The van der Waals surface area contributed by atoms with Crippen molar-refractivity contribution >= 4 is 0 Å². The monoisotopic (exact) mass is 211 g/mol. The average molecular weight is 211 g/mol. The third kappa shape index (κ3) is 1.66. The van der Waals surface area contributed by atoms with Crippen LogP contribution in [0.15, 0.2) is 6.20 Å². The summed E-state index contributed by atoms with van der Waals surface area (Å²) in [6, 6.07) is 0. The molecule has 0 atom stereocenters. The lowest BCUT2D eigenvalue weighted by Gasteiger charge is -2.39. The summed E-state index contributed by atoms with van der Waals surface area (Å²) < 4.78 is 6.86. The molecular weight excluding hydrogens is 194 g/mol. The first-order chi connectivity index (χ1) is 6.98. The molecule has 15 heavy (non-hydrogen) atoms. The molecule has 1 saturated heterocycles. The first-order valence-electron chi connectivity index (χ1n) is 5.10. The predicted molar refractivity (Wildman–Crippen MR) is 54.6 cm³/mol. The fourth-order valence-corrected chi connectivity index (χ4v) is 1.47. The minimum Gasteiger partial charge on any atom is -0.394 e. The summed E-state index contributed by atoms with van der Waals surface area (Å²) in [5.41, 5.74) is 0.540. The van der Waals surface area contributed by atoms with Gasteiger partial charge in [0.2, 0.25) is 0 Å². The van der Waals surface area contributed by atoms with Crippen LogP contribution >= 0.6 is 0 Å². The molecule has 2 rings (SSSR count). The quantitative estimate of drug-likeness (QED) is 0.764. The van der Waals surface area contributed by atoms with Gasteiger partial charge in [-0.1, -0.05) is 26.0 Å². The van der Waals surface area contributed by atoms with E-state index in [9.17, 15) is 5.11 Å². The van der Waals surface area contributed by atoms with E-state index >= 15 is 0 Å². The van der Waals surface area contributed by atoms with Crippen molar-refractivity contribution in [2.24, 2.45) is 0 Å². The second kappa shape index (κ2) is 3.28. The van der Waals surface area contributed by atoms with Crippen molar-refractivity contribution in [2.45, 2.75) is 31.7 Å². The van der Waals surface area contributed by atoms with Gasteiger partial charge < -0.3 is 9.84 Å². The zero-order valence-corrected chi connectivity index (χ0v) is 9.40. The molecule has 0 spiro atoms. The molecular formula is C10H17N3O2. The van der Waals surface area contributed by atoms with Gasteiger partial charge in [-0.05, 0) is 0 Å². The summed E-state index contributed by atoms with van der Waals surface area (Å²) in [6.07, 6.45) is 1.90. The Balaban J connectivity index is 2.27. The van der Waals surface area contributed by atoms with E-state index in [1.54, 1.807) is 4.68 Å². The fraction of sp³-hybridized carbons (Fsp3) is 0.800. The van der Waals surface area contributed by atoms with Gasteiger partial charge in [0, 0.05) is 11.6 Å². The SMILES string of the molecule is CC(C)(C)c1cn(C2(CO)COC2)nn1. The number of rotatable bonds is 2. The molecule has 0 aliphatic carbocycles. The Morgan fingerprint density at radius 2 is 2.20 bits per heavy atom. The molecule has 1 aromatic heterocycles. The van der Waals surface area contributed by atoms with Crippen LogP contribution in [0, 0.1) is 0 Å². The Hall–Kier alpha value is -0.940. The largest absolute Gasteiger partial charge is 0.394 e. The van der Waals surface area contributed by atoms with Gasteiger partial charge in [-0.2, -0.15) is 0 Å². The highest BCUT2D eigenvalue weighted by Crippen LogP contribution is 2.27. The number of aromatic nitrogens is 3. The van der Waals surface area contributed by atoms with Crippen LogP contribution in [-0.4, -0.2) is 39.9 Å². The zero-order chi connectivity index (χ0) is 11.1. The molecule has 1 aliphatic heterocycles. The second-order valence-electron chi connectivity index (χ2n) is 5.17. The van der Waals surface area contributed by atoms with Crippen LogP contribution in [-0.2, 0) is 15.7 Å². The maximum Gasteiger partial charge on any atom is 0.134 e. The summed E-state index contributed by atoms with van der Waals surface area (Å²) in [6.45, 7) is 7.32. The summed E-state index contributed by atoms with van der Waals surface area (Å²) in [7, 11) is 0. The van der Waals surface area contributed by atoms with Crippen molar-refractivity contribution in [1.29, 1.82) is 0 Å². The molecule has 0 saturated carbocycles. The number of ether oxygens (including phenoxy) is 1. The molecule has 0 radical (unpaired) electrons. The van der Waals surface area contributed by atoms with Crippen LogP contribution in [0.1, 0.15) is 26.5 Å². The molecule has 1 N–H and O–H groups in total. The molecule has 0 bridgehead atoms. The van der Waals surface area contributed by atoms with Gasteiger partial charge in [0.25, 0.3) is 0 Å². The molecule has 1 aliphatic rings. The molecule has 5 nitrogen and oxygen atoms in total. The van der Waals surface area contributed by atoms with E-state index in [0.717, 1.165) is 5.69 Å². The van der Waals surface area contributed by atoms with Crippen molar-refractivity contribution in [3.63, 3.8) is 0 Å². The highest BCUT2D eigenvalue weighted by atomic mass is 16.5. The van der Waals surface area contributed by atoms with E-state index in [-0.39, 0.29) is 17.6 Å². The minimum atomic E-state index is -0.378. The zero-order valence-electron chi connectivity index (χ0n) is 9.40. The molecule has 5 heteroatoms. The number of hydrogen-bond donors (Lipinski definition) is 1. The number of nitrogens with zero attached hydrogens (tertiary/aromatic N) is 3. The Morgan fingerprint density at radius 1 is 1.53 bits per heavy atom. The van der Waals surface area contributed by atoms with Gasteiger partial charge in [0.1, 0.15) is 5.54 Å². The lowest BCUT2D eigenvalue weighted by atomic mass is 9.92. The van der Waals surface area contributed by atoms with E-state index < -0.39 is 0 Å². The van der Waals surface area contributed by atoms with Crippen molar-refractivity contribution in [3.05, 3.63) is 11.9 Å². The van der Waals surface area contributed by atoms with Crippen molar-refractivity contribution in [1.82, 2.24) is 15.0 Å². The highest BCUT2D eigenvalue weighted by Gasteiger charge is 2.41. The van der Waals surface area contributed by atoms with Gasteiger partial charge >= 0.3 is 0 Å². The maximum absolute atomic E-state index is 9.33. The molecule has 1 aromatic rings. The highest BCUT2D eigenvalue weighted by molar-refractivity contribution is 5.08. The summed E-state index contributed by atoms with van der Waals surface area (Å²) in [4.78, 5) is 0. The smallest absolute Gasteiger partial charge is 0.134 e. The third-order valence-corrected chi connectivity index (χ3v) is 2.78. The van der Waals surface area contributed by atoms with Gasteiger partial charge in [-0.15, -0.1) is 5.10 Å². The van der Waals surface area contributed by atoms with Crippen LogP contribution < -0.4 is 0 Å². The van der Waals surface area contributed by atoms with Crippen LogP contribution in [0.5, 0.6) is 0 Å². The number of hydrogen-bond acceptors (Lipinski definition) is 4. The van der Waals surface area contributed by atoms with Crippen LogP contribution in [0.4, 0.5) is 0 Å². The van der Waals surface area contributed by atoms with Gasteiger partial charge in [0.05, 0.1) is 25.5 Å². The van der Waals surface area contributed by atoms with Crippen LogP contribution in [0.25, 0.3) is 0 Å². The van der Waals surface area contributed by atoms with Gasteiger partial charge in [-0.25, -0.2) is 4.68 Å². The molecule has 0 unspecified atom stereocenters. The fourth-order valence-electron chi connectivity index (χ4n) is 1.47. The Bertz CT molecular complexity index is 344. The summed E-state index contributed by atoms with van der Waals surface area (Å²) in [5.74, 6) is 0. The number of aliphatic hydroxyl groups is 1. The summed E-state index contributed by atoms with van der Waals surface area (Å²) >= 11 is 0. The van der Waals surface area contributed by atoms with Crippen molar-refractivity contribution in [3.8, 4) is 0 Å². The number of aliphatic hydroxyl groups excluding tert-OH is 1. The first kappa shape index (κ1) is 10.6.